The van der Waals surface area contributed by atoms with Crippen molar-refractivity contribution < 1.29 is 9.47 Å². The predicted molar refractivity (Wildman–Crippen MR) is 49.3 cm³/mol. The van der Waals surface area contributed by atoms with Gasteiger partial charge in [0.2, 0.25) is 5.79 Å². The second-order valence-corrected chi connectivity index (χ2v) is 3.29. The molecule has 71 valence electrons. The van der Waals surface area contributed by atoms with E-state index in [-0.39, 0.29) is 12.2 Å². The SMILES string of the molecule is [CH2]C(C=N)(OC(C)C)OC(C)C. The smallest absolute Gasteiger partial charge is 0.205 e. The molecule has 0 heterocycles. The van der Waals surface area contributed by atoms with Crippen molar-refractivity contribution in [2.24, 2.45) is 0 Å². The molecular weight excluding hydrogens is 154 g/mol. The van der Waals surface area contributed by atoms with Gasteiger partial charge < -0.3 is 14.9 Å². The third kappa shape index (κ3) is 4.46. The van der Waals surface area contributed by atoms with Gasteiger partial charge in [-0.25, -0.2) is 0 Å². The Morgan fingerprint density at radius 2 is 1.50 bits per heavy atom. The molecule has 0 rings (SSSR count). The second kappa shape index (κ2) is 4.58. The minimum absolute atomic E-state index is 0.00264. The molecule has 3 nitrogen and oxygen atoms in total. The fourth-order valence-electron chi connectivity index (χ4n) is 0.894. The molecule has 0 aromatic heterocycles. The van der Waals surface area contributed by atoms with Crippen molar-refractivity contribution in [3.63, 3.8) is 0 Å². The molecule has 0 aliphatic rings. The first-order valence-corrected chi connectivity index (χ1v) is 4.12. The van der Waals surface area contributed by atoms with Crippen molar-refractivity contribution in [2.45, 2.75) is 45.7 Å². The van der Waals surface area contributed by atoms with Crippen LogP contribution in [0.3, 0.4) is 0 Å². The van der Waals surface area contributed by atoms with Crippen molar-refractivity contribution in [3.8, 4) is 0 Å². The number of ether oxygens (including phenoxy) is 2. The van der Waals surface area contributed by atoms with E-state index >= 15 is 0 Å². The molecule has 0 fully saturated rings. The molecule has 0 aliphatic carbocycles. The molecule has 0 unspecified atom stereocenters. The second-order valence-electron chi connectivity index (χ2n) is 3.29. The zero-order valence-corrected chi connectivity index (χ0v) is 8.26. The first kappa shape index (κ1) is 11.6. The molecule has 1 radical (unpaired) electrons. The van der Waals surface area contributed by atoms with Gasteiger partial charge in [0.15, 0.2) is 0 Å². The summed E-state index contributed by atoms with van der Waals surface area (Å²) >= 11 is 0. The van der Waals surface area contributed by atoms with Crippen LogP contribution in [0.4, 0.5) is 0 Å². The van der Waals surface area contributed by atoms with Crippen LogP contribution in [0.15, 0.2) is 0 Å². The Morgan fingerprint density at radius 3 is 1.67 bits per heavy atom. The van der Waals surface area contributed by atoms with Gasteiger partial charge in [0.05, 0.1) is 18.4 Å². The Kier molecular flexibility index (Phi) is 4.42. The van der Waals surface area contributed by atoms with Gasteiger partial charge in [0.1, 0.15) is 0 Å². The lowest BCUT2D eigenvalue weighted by Gasteiger charge is -2.29. The van der Waals surface area contributed by atoms with Crippen molar-refractivity contribution in [2.75, 3.05) is 0 Å². The number of nitrogens with one attached hydrogen (secondary N) is 1. The van der Waals surface area contributed by atoms with E-state index in [1.807, 2.05) is 27.7 Å². The molecule has 3 heteroatoms. The molecule has 12 heavy (non-hydrogen) atoms. The lowest BCUT2D eigenvalue weighted by atomic mass is 10.3. The summed E-state index contributed by atoms with van der Waals surface area (Å²) in [5, 5.41) is 7.11. The van der Waals surface area contributed by atoms with Crippen LogP contribution in [0.2, 0.25) is 0 Å². The predicted octanol–water partition coefficient (Wildman–Crippen LogP) is 2.02. The highest BCUT2D eigenvalue weighted by molar-refractivity contribution is 5.64. The monoisotopic (exact) mass is 172 g/mol. The van der Waals surface area contributed by atoms with Crippen molar-refractivity contribution in [1.82, 2.24) is 0 Å². The molecule has 0 aromatic rings. The Bertz CT molecular complexity index is 133. The normalized spacial score (nSPS) is 12.6. The van der Waals surface area contributed by atoms with Crippen LogP contribution in [-0.4, -0.2) is 24.2 Å². The third-order valence-corrected chi connectivity index (χ3v) is 1.09. The summed E-state index contributed by atoms with van der Waals surface area (Å²) in [6, 6.07) is 0. The van der Waals surface area contributed by atoms with Gasteiger partial charge in [-0.1, -0.05) is 0 Å². The average Bonchev–Trinajstić information content (AvgIpc) is 1.83. The lowest BCUT2D eigenvalue weighted by Crippen LogP contribution is -2.38. The minimum Gasteiger partial charge on any atom is -0.342 e. The van der Waals surface area contributed by atoms with Gasteiger partial charge >= 0.3 is 0 Å². The average molecular weight is 172 g/mol. The topological polar surface area (TPSA) is 42.3 Å². The van der Waals surface area contributed by atoms with E-state index in [9.17, 15) is 0 Å². The van der Waals surface area contributed by atoms with Crippen LogP contribution in [0.1, 0.15) is 27.7 Å². The Hall–Kier alpha value is -0.410. The van der Waals surface area contributed by atoms with Gasteiger partial charge in [0.25, 0.3) is 0 Å². The van der Waals surface area contributed by atoms with Gasteiger partial charge in [-0.3, -0.25) is 0 Å². The summed E-state index contributed by atoms with van der Waals surface area (Å²) in [4.78, 5) is 0. The molecule has 0 saturated carbocycles. The molecule has 0 bridgehead atoms. The molecule has 0 saturated heterocycles. The first-order chi connectivity index (χ1) is 5.39. The van der Waals surface area contributed by atoms with Crippen LogP contribution in [-0.2, 0) is 9.47 Å². The van der Waals surface area contributed by atoms with E-state index in [1.165, 1.54) is 0 Å². The minimum atomic E-state index is -1.12. The fourth-order valence-corrected chi connectivity index (χ4v) is 0.894. The zero-order valence-electron chi connectivity index (χ0n) is 8.26. The van der Waals surface area contributed by atoms with E-state index < -0.39 is 5.79 Å². The Morgan fingerprint density at radius 1 is 1.17 bits per heavy atom. The summed E-state index contributed by atoms with van der Waals surface area (Å²) in [7, 11) is 0. The molecular formula is C9H18NO2. The van der Waals surface area contributed by atoms with E-state index in [0.29, 0.717) is 0 Å². The summed E-state index contributed by atoms with van der Waals surface area (Å²) < 4.78 is 10.6. The van der Waals surface area contributed by atoms with Crippen molar-refractivity contribution in [1.29, 1.82) is 5.41 Å². The summed E-state index contributed by atoms with van der Waals surface area (Å²) in [6.07, 6.45) is 1.08. The number of hydrogen-bond acceptors (Lipinski definition) is 3. The summed E-state index contributed by atoms with van der Waals surface area (Å²) in [5.41, 5.74) is 0. The van der Waals surface area contributed by atoms with Gasteiger partial charge in [-0.2, -0.15) is 0 Å². The highest BCUT2D eigenvalue weighted by Crippen LogP contribution is 2.14. The molecule has 0 amide bonds. The quantitative estimate of drug-likeness (QED) is 0.509. The maximum atomic E-state index is 7.11. The van der Waals surface area contributed by atoms with Crippen LogP contribution < -0.4 is 0 Å². The van der Waals surface area contributed by atoms with Crippen molar-refractivity contribution >= 4 is 6.21 Å². The molecule has 0 aromatic carbocycles. The summed E-state index contributed by atoms with van der Waals surface area (Å²) in [6.45, 7) is 11.2. The largest absolute Gasteiger partial charge is 0.342 e. The highest BCUT2D eigenvalue weighted by atomic mass is 16.7. The van der Waals surface area contributed by atoms with E-state index in [0.717, 1.165) is 6.21 Å². The Balaban J connectivity index is 4.14. The van der Waals surface area contributed by atoms with Gasteiger partial charge in [-0.05, 0) is 27.7 Å². The van der Waals surface area contributed by atoms with E-state index in [1.54, 1.807) is 0 Å². The van der Waals surface area contributed by atoms with Gasteiger partial charge in [0, 0.05) is 6.92 Å². The number of hydrogen-bond donors (Lipinski definition) is 1. The summed E-state index contributed by atoms with van der Waals surface area (Å²) in [5.74, 6) is -1.12. The lowest BCUT2D eigenvalue weighted by molar-refractivity contribution is -0.193. The van der Waals surface area contributed by atoms with Crippen LogP contribution in [0, 0.1) is 12.3 Å². The molecule has 0 atom stereocenters. The first-order valence-electron chi connectivity index (χ1n) is 4.12. The maximum absolute atomic E-state index is 7.11. The number of rotatable bonds is 5. The molecule has 0 spiro atoms. The maximum Gasteiger partial charge on any atom is 0.205 e. The van der Waals surface area contributed by atoms with Gasteiger partial charge in [-0.15, -0.1) is 0 Å². The van der Waals surface area contributed by atoms with Crippen LogP contribution in [0.5, 0.6) is 0 Å². The molecule has 1 N–H and O–H groups in total. The zero-order chi connectivity index (χ0) is 9.78. The van der Waals surface area contributed by atoms with Crippen molar-refractivity contribution in [3.05, 3.63) is 6.92 Å². The van der Waals surface area contributed by atoms with E-state index in [4.69, 9.17) is 14.9 Å². The third-order valence-electron chi connectivity index (χ3n) is 1.09. The standard InChI is InChI=1S/C9H18NO2/c1-7(2)11-9(5,6-10)12-8(3)4/h6-8,10H,5H2,1-4H3. The van der Waals surface area contributed by atoms with Crippen LogP contribution >= 0.6 is 0 Å². The molecule has 0 aliphatic heterocycles. The highest BCUT2D eigenvalue weighted by Gasteiger charge is 2.25. The van der Waals surface area contributed by atoms with Crippen LogP contribution in [0.25, 0.3) is 0 Å². The fraction of sp³-hybridized carbons (Fsp3) is 0.778. The van der Waals surface area contributed by atoms with E-state index in [2.05, 4.69) is 6.92 Å². The Labute approximate surface area is 74.6 Å².